The van der Waals surface area contributed by atoms with E-state index in [1.54, 1.807) is 4.90 Å². The van der Waals surface area contributed by atoms with E-state index in [0.29, 0.717) is 12.4 Å². The van der Waals surface area contributed by atoms with Crippen LogP contribution in [0.5, 0.6) is 5.75 Å². The van der Waals surface area contributed by atoms with E-state index in [4.69, 9.17) is 4.74 Å². The van der Waals surface area contributed by atoms with Gasteiger partial charge in [0, 0.05) is 12.6 Å². The van der Waals surface area contributed by atoms with E-state index < -0.39 is 12.1 Å². The molecule has 3 heterocycles. The summed E-state index contributed by atoms with van der Waals surface area (Å²) in [7, 11) is 0. The zero-order chi connectivity index (χ0) is 24.9. The summed E-state index contributed by atoms with van der Waals surface area (Å²) in [5.41, 5.74) is 6.54. The Hall–Kier alpha value is -3.55. The zero-order valence-corrected chi connectivity index (χ0v) is 20.6. The SMILES string of the molecule is CC1C(=O)NN=C2COc3cc(-c4ccccc4)c(C4CCN(C(=O)O)C(C(C)(C)C)C4)cc3N21. The highest BCUT2D eigenvalue weighted by Gasteiger charge is 2.41. The Balaban J connectivity index is 1.63. The molecular weight excluding hydrogens is 444 g/mol. The number of carbonyl (C=O) groups excluding carboxylic acids is 1. The smallest absolute Gasteiger partial charge is 0.407 e. The number of hydrazone groups is 1. The van der Waals surface area contributed by atoms with Crippen molar-refractivity contribution in [3.05, 3.63) is 48.0 Å². The molecule has 8 nitrogen and oxygen atoms in total. The number of hydrogen-bond acceptors (Lipinski definition) is 5. The second kappa shape index (κ2) is 8.59. The summed E-state index contributed by atoms with van der Waals surface area (Å²) in [5.74, 6) is 1.41. The van der Waals surface area contributed by atoms with Gasteiger partial charge in [0.1, 0.15) is 18.4 Å². The zero-order valence-electron chi connectivity index (χ0n) is 20.6. The van der Waals surface area contributed by atoms with E-state index in [1.165, 1.54) is 0 Å². The summed E-state index contributed by atoms with van der Waals surface area (Å²) in [4.78, 5) is 28.0. The molecule has 5 rings (SSSR count). The van der Waals surface area contributed by atoms with Gasteiger partial charge in [-0.1, -0.05) is 51.1 Å². The number of rotatable bonds is 2. The second-order valence-electron chi connectivity index (χ2n) is 10.7. The molecule has 1 fully saturated rings. The Kier molecular flexibility index (Phi) is 5.69. The predicted molar refractivity (Wildman–Crippen MR) is 135 cm³/mol. The molecule has 2 amide bonds. The molecule has 0 bridgehead atoms. The summed E-state index contributed by atoms with van der Waals surface area (Å²) in [6.07, 6.45) is 0.598. The number of carboxylic acid groups (broad SMARTS) is 1. The molecule has 3 unspecified atom stereocenters. The number of piperidine rings is 1. The fourth-order valence-corrected chi connectivity index (χ4v) is 5.59. The highest BCUT2D eigenvalue weighted by molar-refractivity contribution is 6.09. The molecule has 2 N–H and O–H groups in total. The third-order valence-corrected chi connectivity index (χ3v) is 7.46. The maximum Gasteiger partial charge on any atom is 0.407 e. The van der Waals surface area contributed by atoms with Gasteiger partial charge in [-0.05, 0) is 59.9 Å². The minimum absolute atomic E-state index is 0.105. The van der Waals surface area contributed by atoms with Gasteiger partial charge in [0.25, 0.3) is 5.91 Å². The first kappa shape index (κ1) is 23.2. The van der Waals surface area contributed by atoms with Crippen molar-refractivity contribution >= 4 is 23.5 Å². The normalized spacial score (nSPS) is 24.1. The number of hydrogen-bond donors (Lipinski definition) is 2. The molecule has 0 aliphatic carbocycles. The molecular formula is C27H32N4O4. The summed E-state index contributed by atoms with van der Waals surface area (Å²) < 4.78 is 6.10. The third-order valence-electron chi connectivity index (χ3n) is 7.46. The number of amidine groups is 1. The van der Waals surface area contributed by atoms with Crippen LogP contribution in [0.4, 0.5) is 10.5 Å². The Bertz CT molecular complexity index is 1190. The van der Waals surface area contributed by atoms with Crippen LogP contribution in [0.2, 0.25) is 0 Å². The molecule has 8 heteroatoms. The molecule has 3 atom stereocenters. The van der Waals surface area contributed by atoms with Crippen molar-refractivity contribution in [3.8, 4) is 16.9 Å². The van der Waals surface area contributed by atoms with E-state index in [2.05, 4.69) is 55.6 Å². The average molecular weight is 477 g/mol. The molecule has 0 spiro atoms. The molecule has 0 aromatic heterocycles. The molecule has 3 aliphatic rings. The largest absolute Gasteiger partial charge is 0.483 e. The first-order valence-electron chi connectivity index (χ1n) is 12.2. The number of ether oxygens (including phenoxy) is 1. The van der Waals surface area contributed by atoms with Gasteiger partial charge in [-0.15, -0.1) is 0 Å². The van der Waals surface area contributed by atoms with E-state index in [-0.39, 0.29) is 29.9 Å². The van der Waals surface area contributed by atoms with E-state index >= 15 is 0 Å². The van der Waals surface area contributed by atoms with Crippen LogP contribution in [0.15, 0.2) is 47.6 Å². The lowest BCUT2D eigenvalue weighted by Gasteiger charge is -2.45. The van der Waals surface area contributed by atoms with Crippen LogP contribution >= 0.6 is 0 Å². The van der Waals surface area contributed by atoms with Crippen molar-refractivity contribution in [1.82, 2.24) is 10.3 Å². The molecule has 2 aromatic carbocycles. The monoisotopic (exact) mass is 476 g/mol. The summed E-state index contributed by atoms with van der Waals surface area (Å²) in [6, 6.07) is 13.9. The van der Waals surface area contributed by atoms with Crippen molar-refractivity contribution in [3.63, 3.8) is 0 Å². The van der Waals surface area contributed by atoms with E-state index in [0.717, 1.165) is 41.0 Å². The molecule has 0 radical (unpaired) electrons. The van der Waals surface area contributed by atoms with Gasteiger partial charge in [-0.2, -0.15) is 5.10 Å². The summed E-state index contributed by atoms with van der Waals surface area (Å²) >= 11 is 0. The van der Waals surface area contributed by atoms with E-state index in [9.17, 15) is 14.7 Å². The third kappa shape index (κ3) is 4.11. The Morgan fingerprint density at radius 2 is 1.94 bits per heavy atom. The van der Waals surface area contributed by atoms with Crippen LogP contribution < -0.4 is 15.1 Å². The fourth-order valence-electron chi connectivity index (χ4n) is 5.59. The Labute approximate surface area is 205 Å². The molecule has 0 saturated carbocycles. The van der Waals surface area contributed by atoms with Crippen LogP contribution in [0, 0.1) is 5.41 Å². The van der Waals surface area contributed by atoms with Gasteiger partial charge in [0.05, 0.1) is 5.69 Å². The lowest BCUT2D eigenvalue weighted by atomic mass is 9.74. The van der Waals surface area contributed by atoms with Gasteiger partial charge in [-0.25, -0.2) is 10.2 Å². The lowest BCUT2D eigenvalue weighted by Crippen LogP contribution is -2.55. The van der Waals surface area contributed by atoms with Gasteiger partial charge < -0.3 is 19.6 Å². The van der Waals surface area contributed by atoms with Gasteiger partial charge in [0.15, 0.2) is 5.84 Å². The first-order chi connectivity index (χ1) is 16.6. The minimum Gasteiger partial charge on any atom is -0.483 e. The van der Waals surface area contributed by atoms with Gasteiger partial charge in [-0.3, -0.25) is 4.79 Å². The number of carbonyl (C=O) groups is 2. The summed E-state index contributed by atoms with van der Waals surface area (Å²) in [5, 5.41) is 14.1. The standard InChI is InChI=1S/C27H32N4O4/c1-16-25(32)29-28-24-15-35-22-14-20(17-8-6-5-7-9-17)19(13-21(22)31(16)24)18-10-11-30(26(33)34)23(12-18)27(2,3)4/h5-9,13-14,16,18,23H,10-12,15H2,1-4H3,(H,29,32)(H,33,34). The maximum absolute atomic E-state index is 12.4. The number of likely N-dealkylation sites (tertiary alicyclic amines) is 1. The van der Waals surface area contributed by atoms with Gasteiger partial charge in [0.2, 0.25) is 0 Å². The van der Waals surface area contributed by atoms with Crippen LogP contribution in [0.3, 0.4) is 0 Å². The lowest BCUT2D eigenvalue weighted by molar-refractivity contribution is -0.122. The van der Waals surface area contributed by atoms with Gasteiger partial charge >= 0.3 is 6.09 Å². The van der Waals surface area contributed by atoms with Crippen LogP contribution in [-0.4, -0.2) is 53.1 Å². The number of benzene rings is 2. The van der Waals surface area contributed by atoms with Crippen LogP contribution in [-0.2, 0) is 4.79 Å². The number of fused-ring (bicyclic) bond motifs is 3. The van der Waals surface area contributed by atoms with Crippen molar-refractivity contribution in [1.29, 1.82) is 0 Å². The first-order valence-corrected chi connectivity index (χ1v) is 12.2. The average Bonchev–Trinajstić information content (AvgIpc) is 2.84. The number of anilines is 1. The van der Waals surface area contributed by atoms with Crippen molar-refractivity contribution in [2.24, 2.45) is 10.5 Å². The topological polar surface area (TPSA) is 94.5 Å². The number of amides is 2. The quantitative estimate of drug-likeness (QED) is 0.658. The van der Waals surface area contributed by atoms with Crippen molar-refractivity contribution in [2.45, 2.75) is 58.5 Å². The number of nitrogens with zero attached hydrogens (tertiary/aromatic N) is 3. The fraction of sp³-hybridized carbons (Fsp3) is 0.444. The van der Waals surface area contributed by atoms with Crippen molar-refractivity contribution < 1.29 is 19.4 Å². The van der Waals surface area contributed by atoms with Crippen molar-refractivity contribution in [2.75, 3.05) is 18.1 Å². The Morgan fingerprint density at radius 1 is 1.20 bits per heavy atom. The highest BCUT2D eigenvalue weighted by Crippen LogP contribution is 2.47. The van der Waals surface area contributed by atoms with Crippen LogP contribution in [0.25, 0.3) is 11.1 Å². The maximum atomic E-state index is 12.4. The minimum atomic E-state index is -0.862. The number of nitrogens with one attached hydrogen (secondary N) is 1. The predicted octanol–water partition coefficient (Wildman–Crippen LogP) is 4.66. The highest BCUT2D eigenvalue weighted by atomic mass is 16.5. The molecule has 1 saturated heterocycles. The molecule has 2 aromatic rings. The molecule has 184 valence electrons. The second-order valence-corrected chi connectivity index (χ2v) is 10.7. The summed E-state index contributed by atoms with van der Waals surface area (Å²) in [6.45, 7) is 8.95. The van der Waals surface area contributed by atoms with Crippen LogP contribution in [0.1, 0.15) is 52.0 Å². The Morgan fingerprint density at radius 3 is 2.63 bits per heavy atom. The molecule has 3 aliphatic heterocycles. The molecule has 35 heavy (non-hydrogen) atoms. The van der Waals surface area contributed by atoms with E-state index in [1.807, 2.05) is 30.0 Å².